The molecule has 0 unspecified atom stereocenters. The molecule has 0 amide bonds. The van der Waals surface area contributed by atoms with Crippen LogP contribution in [0.25, 0.3) is 0 Å². The normalized spacial score (nSPS) is 12.4. The van der Waals surface area contributed by atoms with Gasteiger partial charge in [0.1, 0.15) is 12.2 Å². The average Bonchev–Trinajstić information content (AvgIpc) is 2.87. The van der Waals surface area contributed by atoms with E-state index in [-0.39, 0.29) is 0 Å². The van der Waals surface area contributed by atoms with Crippen LogP contribution in [0.5, 0.6) is 0 Å². The van der Waals surface area contributed by atoms with Crippen LogP contribution in [0.3, 0.4) is 0 Å². The Kier molecular flexibility index (Phi) is 7.06. The number of hydrogen-bond acceptors (Lipinski definition) is 5. The average molecular weight is 304 g/mol. The maximum atomic E-state index is 11.9. The first kappa shape index (κ1) is 17.0. The zero-order valence-electron chi connectivity index (χ0n) is 12.3. The van der Waals surface area contributed by atoms with Gasteiger partial charge in [0.05, 0.1) is 0 Å². The maximum absolute atomic E-state index is 11.9. The summed E-state index contributed by atoms with van der Waals surface area (Å²) in [7, 11) is -1.85. The molecule has 0 aromatic carbocycles. The van der Waals surface area contributed by atoms with Crippen LogP contribution in [-0.2, 0) is 16.6 Å². The Bertz CT molecular complexity index is 459. The summed E-state index contributed by atoms with van der Waals surface area (Å²) in [5.41, 5.74) is 0. The van der Waals surface area contributed by atoms with E-state index in [2.05, 4.69) is 39.1 Å². The molecule has 0 saturated heterocycles. The summed E-state index contributed by atoms with van der Waals surface area (Å²) in [6, 6.07) is 0.414. The molecule has 0 aliphatic heterocycles. The number of hydrogen-bond donors (Lipinski definition) is 3. The molecule has 1 rings (SSSR count). The Balaban J connectivity index is 2.24. The van der Waals surface area contributed by atoms with Crippen molar-refractivity contribution in [2.45, 2.75) is 32.7 Å². The van der Waals surface area contributed by atoms with Crippen molar-refractivity contribution in [2.24, 2.45) is 0 Å². The lowest BCUT2D eigenvalue weighted by Gasteiger charge is -2.18. The van der Waals surface area contributed by atoms with E-state index in [1.54, 1.807) is 7.05 Å². The van der Waals surface area contributed by atoms with Crippen molar-refractivity contribution in [3.8, 4) is 0 Å². The van der Waals surface area contributed by atoms with Crippen molar-refractivity contribution in [3.63, 3.8) is 0 Å². The van der Waals surface area contributed by atoms with Crippen LogP contribution in [0, 0.1) is 0 Å². The molecule has 0 aliphatic carbocycles. The summed E-state index contributed by atoms with van der Waals surface area (Å²) < 4.78 is 27.7. The number of aromatic nitrogens is 3. The zero-order chi connectivity index (χ0) is 15.0. The van der Waals surface area contributed by atoms with Gasteiger partial charge in [-0.3, -0.25) is 5.10 Å². The van der Waals surface area contributed by atoms with Gasteiger partial charge in [0.2, 0.25) is 0 Å². The molecule has 0 saturated carbocycles. The number of rotatable bonds is 10. The summed E-state index contributed by atoms with van der Waals surface area (Å²) in [5.74, 6) is 0.663. The van der Waals surface area contributed by atoms with E-state index in [9.17, 15) is 8.42 Å². The molecule has 0 bridgehead atoms. The van der Waals surface area contributed by atoms with Crippen LogP contribution in [0.2, 0.25) is 0 Å². The second-order valence-corrected chi connectivity index (χ2v) is 6.73. The van der Waals surface area contributed by atoms with Gasteiger partial charge in [-0.05, 0) is 13.0 Å². The first-order valence-corrected chi connectivity index (χ1v) is 8.14. The Morgan fingerprint density at radius 2 is 2.15 bits per heavy atom. The predicted molar refractivity (Wildman–Crippen MR) is 77.4 cm³/mol. The Labute approximate surface area is 120 Å². The highest BCUT2D eigenvalue weighted by Crippen LogP contribution is 1.96. The van der Waals surface area contributed by atoms with Crippen molar-refractivity contribution >= 4 is 10.2 Å². The van der Waals surface area contributed by atoms with Gasteiger partial charge in [0, 0.05) is 32.6 Å². The first-order valence-electron chi connectivity index (χ1n) is 6.70. The predicted octanol–water partition coefficient (Wildman–Crippen LogP) is -0.498. The maximum Gasteiger partial charge on any atom is 0.279 e. The summed E-state index contributed by atoms with van der Waals surface area (Å²) in [4.78, 5) is 3.93. The van der Waals surface area contributed by atoms with Gasteiger partial charge >= 0.3 is 0 Å². The van der Waals surface area contributed by atoms with E-state index in [1.807, 2.05) is 0 Å². The van der Waals surface area contributed by atoms with Gasteiger partial charge in [-0.15, -0.1) is 0 Å². The number of nitrogens with one attached hydrogen (secondary N) is 3. The van der Waals surface area contributed by atoms with Crippen LogP contribution in [-0.4, -0.2) is 60.6 Å². The molecule has 20 heavy (non-hydrogen) atoms. The third-order valence-corrected chi connectivity index (χ3v) is 4.30. The molecule has 0 radical (unpaired) electrons. The third-order valence-electron chi connectivity index (χ3n) is 2.72. The Morgan fingerprint density at radius 1 is 1.40 bits per heavy atom. The molecule has 116 valence electrons. The highest BCUT2D eigenvalue weighted by molar-refractivity contribution is 7.87. The van der Waals surface area contributed by atoms with Gasteiger partial charge in [0.25, 0.3) is 10.2 Å². The lowest BCUT2D eigenvalue weighted by molar-refractivity contribution is 0.439. The van der Waals surface area contributed by atoms with Crippen molar-refractivity contribution in [2.75, 3.05) is 26.7 Å². The lowest BCUT2D eigenvalue weighted by Crippen LogP contribution is -2.40. The number of H-pyrrole nitrogens is 1. The minimum Gasteiger partial charge on any atom is -0.314 e. The minimum atomic E-state index is -3.42. The third kappa shape index (κ3) is 6.42. The largest absolute Gasteiger partial charge is 0.314 e. The molecule has 0 atom stereocenters. The SMILES string of the molecule is CC(C)NCCCN(C)S(=O)(=O)NCCc1ncn[nH]1. The van der Waals surface area contributed by atoms with Gasteiger partial charge in [-0.1, -0.05) is 13.8 Å². The zero-order valence-corrected chi connectivity index (χ0v) is 13.1. The smallest absolute Gasteiger partial charge is 0.279 e. The molecule has 8 nitrogen and oxygen atoms in total. The fourth-order valence-electron chi connectivity index (χ4n) is 1.57. The Morgan fingerprint density at radius 3 is 2.75 bits per heavy atom. The van der Waals surface area contributed by atoms with Gasteiger partial charge in [-0.25, -0.2) is 9.71 Å². The van der Waals surface area contributed by atoms with E-state index in [0.29, 0.717) is 31.4 Å². The monoisotopic (exact) mass is 304 g/mol. The first-order chi connectivity index (χ1) is 9.42. The second kappa shape index (κ2) is 8.30. The van der Waals surface area contributed by atoms with E-state index in [4.69, 9.17) is 0 Å². The van der Waals surface area contributed by atoms with E-state index < -0.39 is 10.2 Å². The van der Waals surface area contributed by atoms with Crippen LogP contribution in [0.1, 0.15) is 26.1 Å². The summed E-state index contributed by atoms with van der Waals surface area (Å²) in [6.45, 7) is 5.70. The van der Waals surface area contributed by atoms with Crippen LogP contribution >= 0.6 is 0 Å². The van der Waals surface area contributed by atoms with Crippen molar-refractivity contribution in [1.29, 1.82) is 0 Å². The van der Waals surface area contributed by atoms with E-state index in [0.717, 1.165) is 13.0 Å². The molecular weight excluding hydrogens is 280 g/mol. The highest BCUT2D eigenvalue weighted by Gasteiger charge is 2.16. The van der Waals surface area contributed by atoms with Crippen LogP contribution < -0.4 is 10.0 Å². The van der Waals surface area contributed by atoms with E-state index in [1.165, 1.54) is 10.6 Å². The second-order valence-electron chi connectivity index (χ2n) is 4.87. The fraction of sp³-hybridized carbons (Fsp3) is 0.818. The van der Waals surface area contributed by atoms with Gasteiger partial charge in [0.15, 0.2) is 0 Å². The fourth-order valence-corrected chi connectivity index (χ4v) is 2.52. The van der Waals surface area contributed by atoms with E-state index >= 15 is 0 Å². The molecule has 1 aromatic heterocycles. The van der Waals surface area contributed by atoms with Crippen LogP contribution in [0.4, 0.5) is 0 Å². The Hall–Kier alpha value is -1.03. The quantitative estimate of drug-likeness (QED) is 0.506. The van der Waals surface area contributed by atoms with Crippen molar-refractivity contribution in [3.05, 3.63) is 12.2 Å². The van der Waals surface area contributed by atoms with Crippen molar-refractivity contribution < 1.29 is 8.42 Å². The minimum absolute atomic E-state index is 0.298. The summed E-state index contributed by atoms with van der Waals surface area (Å²) in [5, 5.41) is 9.65. The summed E-state index contributed by atoms with van der Waals surface area (Å²) in [6.07, 6.45) is 2.66. The topological polar surface area (TPSA) is 103 Å². The highest BCUT2D eigenvalue weighted by atomic mass is 32.2. The van der Waals surface area contributed by atoms with Gasteiger partial charge < -0.3 is 5.32 Å². The molecule has 1 aromatic rings. The molecule has 9 heteroatoms. The summed E-state index contributed by atoms with van der Waals surface area (Å²) >= 11 is 0. The molecular formula is C11H24N6O2S. The van der Waals surface area contributed by atoms with Crippen molar-refractivity contribution in [1.82, 2.24) is 29.5 Å². The van der Waals surface area contributed by atoms with Crippen LogP contribution in [0.15, 0.2) is 6.33 Å². The molecule has 1 heterocycles. The molecule has 0 spiro atoms. The molecule has 3 N–H and O–H groups in total. The molecule has 0 aliphatic rings. The molecule has 0 fully saturated rings. The lowest BCUT2D eigenvalue weighted by atomic mass is 10.3. The standard InChI is InChI=1S/C11H24N6O2S/c1-10(2)12-6-4-8-17(3)20(18,19)15-7-5-11-13-9-14-16-11/h9-10,12,15H,4-8H2,1-3H3,(H,13,14,16). The number of nitrogens with zero attached hydrogens (tertiary/aromatic N) is 3. The van der Waals surface area contributed by atoms with Gasteiger partial charge in [-0.2, -0.15) is 17.8 Å². The number of aromatic amines is 1.